The van der Waals surface area contributed by atoms with Crippen molar-refractivity contribution in [2.24, 2.45) is 28.3 Å². The van der Waals surface area contributed by atoms with Crippen LogP contribution in [0.15, 0.2) is 64.1 Å². The lowest BCUT2D eigenvalue weighted by Crippen LogP contribution is -2.54. The molecule has 0 bridgehead atoms. The minimum Gasteiger partial charge on any atom is -0.436 e. The highest BCUT2D eigenvalue weighted by Crippen LogP contribution is 2.31. The maximum atomic E-state index is 13.8. The van der Waals surface area contributed by atoms with E-state index in [1.807, 2.05) is 56.3 Å². The van der Waals surface area contributed by atoms with E-state index in [4.69, 9.17) is 15.9 Å². The van der Waals surface area contributed by atoms with Gasteiger partial charge in [0.05, 0.1) is 6.04 Å². The van der Waals surface area contributed by atoms with Gasteiger partial charge in [0.25, 0.3) is 5.91 Å². The Morgan fingerprint density at radius 1 is 1.32 bits per heavy atom. The van der Waals surface area contributed by atoms with E-state index < -0.39 is 24.1 Å². The SMILES string of the molecule is C=C(c1nc2ccccc2o1)[C@H](CCCN=C(N)N)NC(=O)[C@@H]1[C@@H](C)CCN1C(=O)[C@H](O)C1CC=CC=C1CC. The summed E-state index contributed by atoms with van der Waals surface area (Å²) in [5.74, 6) is -0.746. The summed E-state index contributed by atoms with van der Waals surface area (Å²) in [6.07, 6.45) is 7.74. The number of rotatable bonds is 11. The molecule has 4 rings (SSSR count). The second kappa shape index (κ2) is 13.0. The Balaban J connectivity index is 1.52. The molecule has 1 saturated heterocycles. The third kappa shape index (κ3) is 6.44. The highest BCUT2D eigenvalue weighted by atomic mass is 16.3. The first kappa shape index (κ1) is 29.1. The average molecular weight is 549 g/mol. The molecular weight excluding hydrogens is 508 g/mol. The Labute approximate surface area is 234 Å². The number of allylic oxidation sites excluding steroid dienone is 3. The molecule has 1 unspecified atom stereocenters. The van der Waals surface area contributed by atoms with Crippen LogP contribution < -0.4 is 16.8 Å². The molecule has 40 heavy (non-hydrogen) atoms. The van der Waals surface area contributed by atoms with E-state index in [2.05, 4.69) is 21.9 Å². The molecule has 0 radical (unpaired) electrons. The number of aromatic nitrogens is 1. The average Bonchev–Trinajstić information content (AvgIpc) is 3.56. The number of aliphatic hydroxyl groups is 1. The van der Waals surface area contributed by atoms with Gasteiger partial charge >= 0.3 is 0 Å². The second-order valence-corrected chi connectivity index (χ2v) is 10.6. The molecule has 10 nitrogen and oxygen atoms in total. The van der Waals surface area contributed by atoms with E-state index in [0.717, 1.165) is 12.0 Å². The number of carbonyl (C=O) groups excluding carboxylic acids is 2. The minimum atomic E-state index is -1.21. The maximum Gasteiger partial charge on any atom is 0.252 e. The summed E-state index contributed by atoms with van der Waals surface area (Å²) in [4.78, 5) is 37.5. The van der Waals surface area contributed by atoms with Crippen molar-refractivity contribution >= 4 is 34.4 Å². The molecular formula is C30H40N6O4. The van der Waals surface area contributed by atoms with Crippen LogP contribution in [-0.2, 0) is 9.59 Å². The van der Waals surface area contributed by atoms with Gasteiger partial charge in [-0.2, -0.15) is 0 Å². The lowest BCUT2D eigenvalue weighted by atomic mass is 9.84. The van der Waals surface area contributed by atoms with Gasteiger partial charge in [-0.15, -0.1) is 0 Å². The number of hydrogen-bond acceptors (Lipinski definition) is 6. The number of nitrogens with two attached hydrogens (primary N) is 2. The van der Waals surface area contributed by atoms with Crippen molar-refractivity contribution in [3.8, 4) is 0 Å². The number of carbonyl (C=O) groups is 2. The number of fused-ring (bicyclic) bond motifs is 1. The number of aliphatic imine (C=N–C) groups is 1. The molecule has 1 aliphatic carbocycles. The van der Waals surface area contributed by atoms with Crippen LogP contribution in [0.2, 0.25) is 0 Å². The molecule has 1 aromatic heterocycles. The maximum absolute atomic E-state index is 13.8. The van der Waals surface area contributed by atoms with Gasteiger partial charge < -0.3 is 31.2 Å². The van der Waals surface area contributed by atoms with Crippen LogP contribution in [0.5, 0.6) is 0 Å². The smallest absolute Gasteiger partial charge is 0.252 e. The molecule has 2 heterocycles. The van der Waals surface area contributed by atoms with Crippen molar-refractivity contribution in [2.45, 2.75) is 64.1 Å². The quantitative estimate of drug-likeness (QED) is 0.191. The number of guanidine groups is 1. The molecule has 1 fully saturated rings. The van der Waals surface area contributed by atoms with Crippen LogP contribution in [0.1, 0.15) is 51.8 Å². The molecule has 2 aromatic rings. The first-order chi connectivity index (χ1) is 19.2. The van der Waals surface area contributed by atoms with E-state index in [1.54, 1.807) is 0 Å². The highest BCUT2D eigenvalue weighted by Gasteiger charge is 2.43. The standard InChI is InChI=1S/C30H40N6O4/c1-4-20-10-5-6-11-21(20)26(37)29(39)36-17-15-18(2)25(36)27(38)34-22(13-9-16-33-30(31)32)19(3)28-35-23-12-7-8-14-24(23)40-28/h5-8,10,12,14,18,21-22,25-26,37H,3-4,9,11,13,15-17H2,1-2H3,(H,34,38)(H4,31,32,33)/t18-,21?,22-,25-,26+/m0/s1. The van der Waals surface area contributed by atoms with E-state index in [1.165, 1.54) is 4.90 Å². The van der Waals surface area contributed by atoms with Gasteiger partial charge in [-0.3, -0.25) is 14.6 Å². The zero-order chi connectivity index (χ0) is 28.8. The predicted molar refractivity (Wildman–Crippen MR) is 156 cm³/mol. The van der Waals surface area contributed by atoms with E-state index >= 15 is 0 Å². The van der Waals surface area contributed by atoms with Crippen molar-refractivity contribution in [3.63, 3.8) is 0 Å². The number of aliphatic hydroxyl groups excluding tert-OH is 1. The fourth-order valence-electron chi connectivity index (χ4n) is 5.59. The molecule has 1 aromatic carbocycles. The lowest BCUT2D eigenvalue weighted by molar-refractivity contribution is -0.147. The van der Waals surface area contributed by atoms with E-state index in [-0.39, 0.29) is 23.7 Å². The van der Waals surface area contributed by atoms with E-state index in [0.29, 0.717) is 61.3 Å². The first-order valence-electron chi connectivity index (χ1n) is 14.0. The summed E-state index contributed by atoms with van der Waals surface area (Å²) in [6, 6.07) is 6.16. The number of nitrogens with zero attached hydrogens (tertiary/aromatic N) is 3. The number of hydrogen-bond donors (Lipinski definition) is 4. The number of para-hydroxylation sites is 2. The van der Waals surface area contributed by atoms with Crippen LogP contribution >= 0.6 is 0 Å². The molecule has 0 spiro atoms. The lowest BCUT2D eigenvalue weighted by Gasteiger charge is -2.33. The number of benzene rings is 1. The predicted octanol–water partition coefficient (Wildman–Crippen LogP) is 2.89. The monoisotopic (exact) mass is 548 g/mol. The van der Waals surface area contributed by atoms with Gasteiger partial charge in [-0.25, -0.2) is 4.98 Å². The Morgan fingerprint density at radius 2 is 2.10 bits per heavy atom. The molecule has 1 aliphatic heterocycles. The van der Waals surface area contributed by atoms with Crippen LogP contribution in [0.25, 0.3) is 16.7 Å². The molecule has 5 atom stereocenters. The van der Waals surface area contributed by atoms with Gasteiger partial charge in [-0.05, 0) is 50.2 Å². The van der Waals surface area contributed by atoms with Crippen LogP contribution in [0.4, 0.5) is 0 Å². The normalized spacial score (nSPS) is 22.0. The molecule has 6 N–H and O–H groups in total. The van der Waals surface area contributed by atoms with Crippen LogP contribution in [0, 0.1) is 11.8 Å². The second-order valence-electron chi connectivity index (χ2n) is 10.6. The Kier molecular flexibility index (Phi) is 9.42. The summed E-state index contributed by atoms with van der Waals surface area (Å²) in [7, 11) is 0. The van der Waals surface area contributed by atoms with Gasteiger partial charge in [-0.1, -0.05) is 56.4 Å². The Hall–Kier alpha value is -3.92. The van der Waals surface area contributed by atoms with Crippen molar-refractivity contribution < 1.29 is 19.1 Å². The van der Waals surface area contributed by atoms with Crippen LogP contribution in [-0.4, -0.2) is 64.0 Å². The number of oxazole rings is 1. The third-order valence-corrected chi connectivity index (χ3v) is 7.86. The van der Waals surface area contributed by atoms with Crippen molar-refractivity contribution in [3.05, 3.63) is 60.5 Å². The number of likely N-dealkylation sites (tertiary alicyclic amines) is 1. The van der Waals surface area contributed by atoms with E-state index in [9.17, 15) is 14.7 Å². The van der Waals surface area contributed by atoms with Gasteiger partial charge in [0.1, 0.15) is 17.7 Å². The molecule has 214 valence electrons. The summed E-state index contributed by atoms with van der Waals surface area (Å²) < 4.78 is 5.92. The Morgan fingerprint density at radius 3 is 2.83 bits per heavy atom. The van der Waals surface area contributed by atoms with Crippen molar-refractivity contribution in [2.75, 3.05) is 13.1 Å². The fourth-order valence-corrected chi connectivity index (χ4v) is 5.59. The summed E-state index contributed by atoms with van der Waals surface area (Å²) >= 11 is 0. The zero-order valence-electron chi connectivity index (χ0n) is 23.3. The fraction of sp³-hybridized carbons (Fsp3) is 0.467. The number of nitrogens with one attached hydrogen (secondary N) is 1. The van der Waals surface area contributed by atoms with Gasteiger partial charge in [0, 0.05) is 24.6 Å². The topological polar surface area (TPSA) is 160 Å². The first-order valence-corrected chi connectivity index (χ1v) is 14.0. The van der Waals surface area contributed by atoms with Gasteiger partial charge in [0.2, 0.25) is 11.8 Å². The van der Waals surface area contributed by atoms with Gasteiger partial charge in [0.15, 0.2) is 11.5 Å². The summed E-state index contributed by atoms with van der Waals surface area (Å²) in [6.45, 7) is 8.96. The van der Waals surface area contributed by atoms with Crippen LogP contribution in [0.3, 0.4) is 0 Å². The highest BCUT2D eigenvalue weighted by molar-refractivity contribution is 5.91. The molecule has 2 aliphatic rings. The van der Waals surface area contributed by atoms with Crippen molar-refractivity contribution in [1.29, 1.82) is 0 Å². The van der Waals surface area contributed by atoms with Crippen molar-refractivity contribution in [1.82, 2.24) is 15.2 Å². The number of amides is 2. The molecule has 0 saturated carbocycles. The molecule has 10 heteroatoms. The zero-order valence-corrected chi connectivity index (χ0v) is 23.3. The minimum absolute atomic E-state index is 0.000358. The third-order valence-electron chi connectivity index (χ3n) is 7.86. The largest absolute Gasteiger partial charge is 0.436 e. The summed E-state index contributed by atoms with van der Waals surface area (Å²) in [5, 5.41) is 14.2. The molecule has 2 amide bonds. The summed E-state index contributed by atoms with van der Waals surface area (Å²) in [5.41, 5.74) is 13.8. The Bertz CT molecular complexity index is 1290.